The van der Waals surface area contributed by atoms with Crippen LogP contribution in [0.3, 0.4) is 0 Å². The van der Waals surface area contributed by atoms with Gasteiger partial charge in [0.1, 0.15) is 5.60 Å². The maximum absolute atomic E-state index is 7.14. The van der Waals surface area contributed by atoms with Crippen LogP contribution in [0, 0.1) is 28.6 Å². The van der Waals surface area contributed by atoms with E-state index in [1.807, 2.05) is 12.5 Å². The molecule has 2 unspecified atom stereocenters. The molecule has 1 aromatic rings. The lowest BCUT2D eigenvalue weighted by atomic mass is 9.46. The Morgan fingerprint density at radius 1 is 0.850 bits per heavy atom. The summed E-state index contributed by atoms with van der Waals surface area (Å²) in [7, 11) is 0. The van der Waals surface area contributed by atoms with Crippen LogP contribution in [-0.2, 0) is 15.1 Å². The quantitative estimate of drug-likeness (QED) is 0.309. The van der Waals surface area contributed by atoms with Gasteiger partial charge < -0.3 is 23.7 Å². The molecule has 4 aliphatic carbocycles. The van der Waals surface area contributed by atoms with E-state index in [0.717, 1.165) is 50.5 Å². The summed E-state index contributed by atoms with van der Waals surface area (Å²) in [5, 5.41) is 0. The first-order valence-electron chi connectivity index (χ1n) is 17.0. The van der Waals surface area contributed by atoms with Gasteiger partial charge in [0.2, 0.25) is 0 Å². The van der Waals surface area contributed by atoms with Gasteiger partial charge in [-0.15, -0.1) is 0 Å². The Morgan fingerprint density at radius 3 is 2.30 bits per heavy atom. The molecule has 2 saturated heterocycles. The van der Waals surface area contributed by atoms with Crippen LogP contribution in [0.15, 0.2) is 34.7 Å². The van der Waals surface area contributed by atoms with Crippen LogP contribution in [-0.4, -0.2) is 68.4 Å². The molecule has 5 fully saturated rings. The van der Waals surface area contributed by atoms with Gasteiger partial charge in [-0.2, -0.15) is 0 Å². The van der Waals surface area contributed by atoms with Crippen molar-refractivity contribution in [2.24, 2.45) is 28.6 Å². The lowest BCUT2D eigenvalue weighted by Crippen LogP contribution is -2.54. The molecule has 5 nitrogen and oxygen atoms in total. The number of hydrogen-bond donors (Lipinski definition) is 0. The Bertz CT molecular complexity index is 1030. The smallest absolute Gasteiger partial charge is 0.102 e. The number of rotatable bonds is 9. The highest BCUT2D eigenvalue weighted by atomic mass is 16.5. The lowest BCUT2D eigenvalue weighted by Gasteiger charge is -2.60. The molecule has 3 saturated carbocycles. The van der Waals surface area contributed by atoms with Gasteiger partial charge >= 0.3 is 0 Å². The standard InChI is InChI=1S/C35H54N2O3/c1-33-13-9-29(39-23-20-36-16-3-4-17-36)25-27(33)7-8-30-31(33)10-14-34(2)32(30)11-15-35(34,28-12-22-38-26-28)40-24-21-37-18-5-6-19-37/h12,22,25-26,29-32H,3-11,13-21,23-24H2,1-2H3/t29?,30-,31-,32+,33+,34+,35?/m1/s1. The first-order chi connectivity index (χ1) is 19.5. The van der Waals surface area contributed by atoms with E-state index in [1.54, 1.807) is 5.57 Å². The molecule has 0 spiro atoms. The van der Waals surface area contributed by atoms with E-state index in [1.165, 1.54) is 102 Å². The topological polar surface area (TPSA) is 38.1 Å². The summed E-state index contributed by atoms with van der Waals surface area (Å²) < 4.78 is 19.3. The summed E-state index contributed by atoms with van der Waals surface area (Å²) in [6.45, 7) is 14.2. The van der Waals surface area contributed by atoms with E-state index >= 15 is 0 Å². The van der Waals surface area contributed by atoms with Gasteiger partial charge in [0, 0.05) is 24.1 Å². The summed E-state index contributed by atoms with van der Waals surface area (Å²) in [4.78, 5) is 5.17. The van der Waals surface area contributed by atoms with Crippen LogP contribution in [0.1, 0.15) is 96.5 Å². The van der Waals surface area contributed by atoms with Gasteiger partial charge in [-0.1, -0.05) is 25.5 Å². The summed E-state index contributed by atoms with van der Waals surface area (Å²) in [6.07, 6.45) is 22.4. The summed E-state index contributed by atoms with van der Waals surface area (Å²) in [6, 6.07) is 2.21. The molecular formula is C35H54N2O3. The molecule has 7 atom stereocenters. The predicted molar refractivity (Wildman–Crippen MR) is 159 cm³/mol. The van der Waals surface area contributed by atoms with Crippen molar-refractivity contribution in [3.05, 3.63) is 35.8 Å². The Hall–Kier alpha value is -1.14. The molecule has 40 heavy (non-hydrogen) atoms. The second-order valence-electron chi connectivity index (χ2n) is 14.8. The molecule has 2 aliphatic heterocycles. The van der Waals surface area contributed by atoms with Gasteiger partial charge in [0.05, 0.1) is 31.8 Å². The summed E-state index contributed by atoms with van der Waals surface area (Å²) in [5.74, 6) is 2.35. The molecule has 1 aromatic heterocycles. The SMILES string of the molecule is C[C@]12CCC(OCCN3CCCC3)C=C1CC[C@@H]1[C@H]2CC[C@@]2(C)[C@H]1CCC2(OCCN1CCCC1)c1ccoc1. The molecule has 0 radical (unpaired) electrons. The maximum Gasteiger partial charge on any atom is 0.102 e. The van der Waals surface area contributed by atoms with E-state index in [4.69, 9.17) is 13.9 Å². The lowest BCUT2D eigenvalue weighted by molar-refractivity contribution is -0.167. The van der Waals surface area contributed by atoms with Crippen LogP contribution in [0.2, 0.25) is 0 Å². The maximum atomic E-state index is 7.14. The van der Waals surface area contributed by atoms with Crippen molar-refractivity contribution in [2.75, 3.05) is 52.5 Å². The van der Waals surface area contributed by atoms with Crippen LogP contribution in [0.4, 0.5) is 0 Å². The molecule has 0 bridgehead atoms. The highest BCUT2D eigenvalue weighted by Crippen LogP contribution is 2.70. The van der Waals surface area contributed by atoms with Crippen molar-refractivity contribution in [2.45, 2.75) is 103 Å². The first kappa shape index (κ1) is 27.7. The van der Waals surface area contributed by atoms with Crippen LogP contribution >= 0.6 is 0 Å². The number of ether oxygens (including phenoxy) is 2. The number of nitrogens with zero attached hydrogens (tertiary/aromatic N) is 2. The van der Waals surface area contributed by atoms with Gasteiger partial charge in [-0.3, -0.25) is 0 Å². The van der Waals surface area contributed by atoms with Gasteiger partial charge in [-0.05, 0) is 132 Å². The van der Waals surface area contributed by atoms with E-state index in [-0.39, 0.29) is 11.0 Å². The minimum Gasteiger partial charge on any atom is -0.472 e. The van der Waals surface area contributed by atoms with Gasteiger partial charge in [0.15, 0.2) is 0 Å². The van der Waals surface area contributed by atoms with Crippen molar-refractivity contribution in [3.8, 4) is 0 Å². The van der Waals surface area contributed by atoms with Crippen molar-refractivity contribution in [3.63, 3.8) is 0 Å². The number of fused-ring (bicyclic) bond motifs is 5. The number of allylic oxidation sites excluding steroid dienone is 1. The predicted octanol–water partition coefficient (Wildman–Crippen LogP) is 7.03. The van der Waals surface area contributed by atoms with Gasteiger partial charge in [0.25, 0.3) is 0 Å². The zero-order valence-electron chi connectivity index (χ0n) is 25.4. The van der Waals surface area contributed by atoms with Crippen molar-refractivity contribution >= 4 is 0 Å². The normalized spacial score (nSPS) is 42.0. The monoisotopic (exact) mass is 550 g/mol. The third kappa shape index (κ3) is 4.66. The fraction of sp³-hybridized carbons (Fsp3) is 0.829. The van der Waals surface area contributed by atoms with Crippen molar-refractivity contribution in [1.29, 1.82) is 0 Å². The highest BCUT2D eigenvalue weighted by molar-refractivity contribution is 5.30. The third-order valence-corrected chi connectivity index (χ3v) is 13.1. The van der Waals surface area contributed by atoms with Crippen LogP contribution in [0.25, 0.3) is 0 Å². The molecule has 3 heterocycles. The number of hydrogen-bond acceptors (Lipinski definition) is 5. The molecule has 0 aromatic carbocycles. The Kier molecular flexibility index (Phi) is 7.73. The Labute approximate surface area is 243 Å². The van der Waals surface area contributed by atoms with Crippen LogP contribution in [0.5, 0.6) is 0 Å². The fourth-order valence-electron chi connectivity index (χ4n) is 10.8. The molecule has 7 rings (SSSR count). The highest BCUT2D eigenvalue weighted by Gasteiger charge is 2.65. The summed E-state index contributed by atoms with van der Waals surface area (Å²) in [5.41, 5.74) is 3.36. The zero-order valence-corrected chi connectivity index (χ0v) is 25.4. The Morgan fingerprint density at radius 2 is 1.57 bits per heavy atom. The van der Waals surface area contributed by atoms with E-state index < -0.39 is 0 Å². The van der Waals surface area contributed by atoms with Crippen molar-refractivity contribution < 1.29 is 13.9 Å². The average Bonchev–Trinajstić information content (AvgIpc) is 3.77. The third-order valence-electron chi connectivity index (χ3n) is 13.1. The minimum atomic E-state index is -0.201. The second kappa shape index (κ2) is 11.2. The van der Waals surface area contributed by atoms with E-state index in [9.17, 15) is 0 Å². The molecular weight excluding hydrogens is 496 g/mol. The number of furan rings is 1. The minimum absolute atomic E-state index is 0.177. The fourth-order valence-corrected chi connectivity index (χ4v) is 10.8. The molecule has 5 heteroatoms. The first-order valence-corrected chi connectivity index (χ1v) is 17.0. The van der Waals surface area contributed by atoms with Crippen molar-refractivity contribution in [1.82, 2.24) is 9.80 Å². The second-order valence-corrected chi connectivity index (χ2v) is 14.8. The Balaban J connectivity index is 1.06. The van der Waals surface area contributed by atoms with Crippen LogP contribution < -0.4 is 0 Å². The molecule has 6 aliphatic rings. The summed E-state index contributed by atoms with van der Waals surface area (Å²) >= 11 is 0. The van der Waals surface area contributed by atoms with E-state index in [2.05, 4.69) is 35.8 Å². The molecule has 222 valence electrons. The largest absolute Gasteiger partial charge is 0.472 e. The average molecular weight is 551 g/mol. The zero-order chi connectivity index (χ0) is 27.2. The van der Waals surface area contributed by atoms with E-state index in [0.29, 0.717) is 11.5 Å². The van der Waals surface area contributed by atoms with Gasteiger partial charge in [-0.25, -0.2) is 0 Å². The molecule has 0 N–H and O–H groups in total. The molecule has 0 amide bonds. The number of likely N-dealkylation sites (tertiary alicyclic amines) is 2.